The van der Waals surface area contributed by atoms with Crippen LogP contribution in [0.4, 0.5) is 10.2 Å². The Morgan fingerprint density at radius 1 is 1.47 bits per heavy atom. The van der Waals surface area contributed by atoms with Gasteiger partial charge < -0.3 is 15.0 Å². The van der Waals surface area contributed by atoms with Crippen LogP contribution in [0.1, 0.15) is 26.3 Å². The topological polar surface area (TPSA) is 37.4 Å². The van der Waals surface area contributed by atoms with Gasteiger partial charge >= 0.3 is 0 Å². The molecule has 0 saturated heterocycles. The molecule has 1 N–H and O–H groups in total. The van der Waals surface area contributed by atoms with Gasteiger partial charge in [-0.05, 0) is 26.5 Å². The molecule has 0 saturated carbocycles. The Bertz CT molecular complexity index is 385. The zero-order valence-corrected chi connectivity index (χ0v) is 12.2. The Hall–Kier alpha value is -1.20. The summed E-state index contributed by atoms with van der Waals surface area (Å²) in [5.74, 6) is 0.123. The van der Waals surface area contributed by atoms with Crippen LogP contribution in [-0.2, 0) is 11.3 Å². The molecule has 0 unspecified atom stereocenters. The average Bonchev–Trinajstić information content (AvgIpc) is 2.37. The van der Waals surface area contributed by atoms with Gasteiger partial charge in [0.1, 0.15) is 0 Å². The van der Waals surface area contributed by atoms with Crippen molar-refractivity contribution in [3.63, 3.8) is 0 Å². The second kappa shape index (κ2) is 8.07. The summed E-state index contributed by atoms with van der Waals surface area (Å²) in [6.45, 7) is 8.48. The summed E-state index contributed by atoms with van der Waals surface area (Å²) in [5, 5.41) is 3.12. The van der Waals surface area contributed by atoms with Gasteiger partial charge in [-0.15, -0.1) is 0 Å². The SMILES string of the molecule is CCNCc1ccnc(N(C)CCOC(C)C)c1F. The molecule has 5 heteroatoms. The highest BCUT2D eigenvalue weighted by molar-refractivity contribution is 5.42. The summed E-state index contributed by atoms with van der Waals surface area (Å²) in [4.78, 5) is 5.90. The third kappa shape index (κ3) is 5.12. The van der Waals surface area contributed by atoms with Crippen LogP contribution in [0.2, 0.25) is 0 Å². The Morgan fingerprint density at radius 2 is 2.21 bits per heavy atom. The molecule has 0 aliphatic heterocycles. The first-order chi connectivity index (χ1) is 9.06. The second-order valence-corrected chi connectivity index (χ2v) is 4.73. The van der Waals surface area contributed by atoms with E-state index in [9.17, 15) is 4.39 Å². The largest absolute Gasteiger partial charge is 0.377 e. The number of likely N-dealkylation sites (N-methyl/N-ethyl adjacent to an activating group) is 1. The Labute approximate surface area is 115 Å². The molecular weight excluding hydrogens is 245 g/mol. The first kappa shape index (κ1) is 15.9. The number of rotatable bonds is 8. The van der Waals surface area contributed by atoms with Gasteiger partial charge in [-0.3, -0.25) is 0 Å². The first-order valence-electron chi connectivity index (χ1n) is 6.73. The minimum atomic E-state index is -0.254. The van der Waals surface area contributed by atoms with Gasteiger partial charge in [0.2, 0.25) is 0 Å². The van der Waals surface area contributed by atoms with Crippen LogP contribution < -0.4 is 10.2 Å². The van der Waals surface area contributed by atoms with Crippen molar-refractivity contribution in [3.05, 3.63) is 23.6 Å². The number of aromatic nitrogens is 1. The van der Waals surface area contributed by atoms with E-state index in [0.29, 0.717) is 31.1 Å². The molecule has 0 bridgehead atoms. The number of nitrogens with one attached hydrogen (secondary N) is 1. The standard InChI is InChI=1S/C14H24FN3O/c1-5-16-10-12-6-7-17-14(13(12)15)18(4)8-9-19-11(2)3/h6-7,11,16H,5,8-10H2,1-4H3. The second-order valence-electron chi connectivity index (χ2n) is 4.73. The Balaban J connectivity index is 2.65. The fourth-order valence-electron chi connectivity index (χ4n) is 1.66. The molecule has 19 heavy (non-hydrogen) atoms. The fraction of sp³-hybridized carbons (Fsp3) is 0.643. The summed E-state index contributed by atoms with van der Waals surface area (Å²) in [6.07, 6.45) is 1.83. The molecule has 4 nitrogen and oxygen atoms in total. The van der Waals surface area contributed by atoms with Crippen molar-refractivity contribution in [3.8, 4) is 0 Å². The van der Waals surface area contributed by atoms with E-state index in [1.165, 1.54) is 0 Å². The van der Waals surface area contributed by atoms with Crippen LogP contribution in [0.5, 0.6) is 0 Å². The van der Waals surface area contributed by atoms with Gasteiger partial charge in [-0.1, -0.05) is 6.92 Å². The van der Waals surface area contributed by atoms with Crippen LogP contribution in [0.25, 0.3) is 0 Å². The van der Waals surface area contributed by atoms with E-state index in [4.69, 9.17) is 4.74 Å². The molecule has 0 amide bonds. The number of ether oxygens (including phenoxy) is 1. The molecular formula is C14H24FN3O. The van der Waals surface area contributed by atoms with E-state index < -0.39 is 0 Å². The maximum absolute atomic E-state index is 14.2. The van der Waals surface area contributed by atoms with Gasteiger partial charge in [0.05, 0.1) is 12.7 Å². The fourth-order valence-corrected chi connectivity index (χ4v) is 1.66. The third-order valence-corrected chi connectivity index (χ3v) is 2.76. The lowest BCUT2D eigenvalue weighted by atomic mass is 10.2. The van der Waals surface area contributed by atoms with E-state index in [0.717, 1.165) is 6.54 Å². The minimum absolute atomic E-state index is 0.186. The molecule has 1 aromatic heterocycles. The maximum Gasteiger partial charge on any atom is 0.170 e. The van der Waals surface area contributed by atoms with Crippen LogP contribution in [-0.4, -0.2) is 37.8 Å². The third-order valence-electron chi connectivity index (χ3n) is 2.76. The first-order valence-corrected chi connectivity index (χ1v) is 6.73. The summed E-state index contributed by atoms with van der Waals surface area (Å²) in [6, 6.07) is 1.71. The van der Waals surface area contributed by atoms with Crippen molar-refractivity contribution < 1.29 is 9.13 Å². The average molecular weight is 269 g/mol. The molecule has 0 radical (unpaired) electrons. The normalized spacial score (nSPS) is 11.1. The molecule has 108 valence electrons. The highest BCUT2D eigenvalue weighted by Gasteiger charge is 2.13. The summed E-state index contributed by atoms with van der Waals surface area (Å²) >= 11 is 0. The van der Waals surface area contributed by atoms with Crippen LogP contribution >= 0.6 is 0 Å². The van der Waals surface area contributed by atoms with Gasteiger partial charge in [0.25, 0.3) is 0 Å². The zero-order valence-electron chi connectivity index (χ0n) is 12.2. The van der Waals surface area contributed by atoms with Crippen molar-refractivity contribution in [1.29, 1.82) is 0 Å². The number of hydrogen-bond donors (Lipinski definition) is 1. The molecule has 1 rings (SSSR count). The number of pyridine rings is 1. The lowest BCUT2D eigenvalue weighted by Gasteiger charge is -2.20. The predicted molar refractivity (Wildman–Crippen MR) is 75.9 cm³/mol. The van der Waals surface area contributed by atoms with E-state index in [1.807, 2.05) is 27.8 Å². The molecule has 1 heterocycles. The Kier molecular flexibility index (Phi) is 6.73. The number of halogens is 1. The molecule has 0 atom stereocenters. The Morgan fingerprint density at radius 3 is 2.84 bits per heavy atom. The predicted octanol–water partition coefficient (Wildman–Crippen LogP) is 2.19. The maximum atomic E-state index is 14.2. The summed E-state index contributed by atoms with van der Waals surface area (Å²) in [7, 11) is 1.83. The quantitative estimate of drug-likeness (QED) is 0.785. The van der Waals surface area contributed by atoms with E-state index >= 15 is 0 Å². The smallest absolute Gasteiger partial charge is 0.170 e. The zero-order chi connectivity index (χ0) is 14.3. The molecule has 0 aliphatic carbocycles. The molecule has 0 spiro atoms. The van der Waals surface area contributed by atoms with E-state index in [1.54, 1.807) is 17.2 Å². The summed E-state index contributed by atoms with van der Waals surface area (Å²) in [5.41, 5.74) is 0.642. The molecule has 0 aromatic carbocycles. The van der Waals surface area contributed by atoms with Gasteiger partial charge in [-0.2, -0.15) is 0 Å². The van der Waals surface area contributed by atoms with Crippen molar-refractivity contribution in [2.24, 2.45) is 0 Å². The monoisotopic (exact) mass is 269 g/mol. The van der Waals surface area contributed by atoms with Gasteiger partial charge in [0, 0.05) is 31.9 Å². The van der Waals surface area contributed by atoms with E-state index in [2.05, 4.69) is 10.3 Å². The van der Waals surface area contributed by atoms with Gasteiger partial charge in [-0.25, -0.2) is 9.37 Å². The lowest BCUT2D eigenvalue weighted by molar-refractivity contribution is 0.0845. The van der Waals surface area contributed by atoms with Crippen molar-refractivity contribution in [2.75, 3.05) is 31.6 Å². The van der Waals surface area contributed by atoms with Gasteiger partial charge in [0.15, 0.2) is 11.6 Å². The molecule has 1 aromatic rings. The lowest BCUT2D eigenvalue weighted by Crippen LogP contribution is -2.26. The minimum Gasteiger partial charge on any atom is -0.377 e. The highest BCUT2D eigenvalue weighted by atomic mass is 19.1. The molecule has 0 aliphatic rings. The summed E-state index contributed by atoms with van der Waals surface area (Å²) < 4.78 is 19.7. The van der Waals surface area contributed by atoms with Crippen LogP contribution in [0.3, 0.4) is 0 Å². The molecule has 0 fully saturated rings. The van der Waals surface area contributed by atoms with Crippen molar-refractivity contribution in [1.82, 2.24) is 10.3 Å². The van der Waals surface area contributed by atoms with Crippen molar-refractivity contribution in [2.45, 2.75) is 33.4 Å². The van der Waals surface area contributed by atoms with Crippen LogP contribution in [0.15, 0.2) is 12.3 Å². The van der Waals surface area contributed by atoms with E-state index in [-0.39, 0.29) is 11.9 Å². The van der Waals surface area contributed by atoms with Crippen LogP contribution in [0, 0.1) is 5.82 Å². The number of nitrogens with zero attached hydrogens (tertiary/aromatic N) is 2. The van der Waals surface area contributed by atoms with Crippen molar-refractivity contribution >= 4 is 5.82 Å². The number of anilines is 1. The number of hydrogen-bond acceptors (Lipinski definition) is 4. The highest BCUT2D eigenvalue weighted by Crippen LogP contribution is 2.18.